The third-order valence-electron chi connectivity index (χ3n) is 1.26. The Morgan fingerprint density at radius 3 is 2.54 bits per heavy atom. The van der Waals surface area contributed by atoms with Crippen molar-refractivity contribution < 1.29 is 13.2 Å². The van der Waals surface area contributed by atoms with Gasteiger partial charge < -0.3 is 0 Å². The Morgan fingerprint density at radius 1 is 1.46 bits per heavy atom. The summed E-state index contributed by atoms with van der Waals surface area (Å²) in [5, 5.41) is 0.198. The quantitative estimate of drug-likeness (QED) is 0.537. The molecule has 0 atom stereocenters. The van der Waals surface area contributed by atoms with Gasteiger partial charge in [-0.2, -0.15) is 13.2 Å². The van der Waals surface area contributed by atoms with Gasteiger partial charge in [0.05, 0.1) is 0 Å². The molecule has 0 spiro atoms. The van der Waals surface area contributed by atoms with Crippen molar-refractivity contribution in [1.82, 2.24) is 4.98 Å². The lowest BCUT2D eigenvalue weighted by atomic mass is 10.3. The SMILES string of the molecule is Cc1cc(Cl)ncc1SC(F)(F)F. The van der Waals surface area contributed by atoms with Crippen LogP contribution in [0, 0.1) is 6.92 Å². The third kappa shape index (κ3) is 3.44. The molecule has 0 saturated carbocycles. The molecule has 0 aromatic carbocycles. The highest BCUT2D eigenvalue weighted by Gasteiger charge is 2.30. The lowest BCUT2D eigenvalue weighted by molar-refractivity contribution is -0.0328. The molecule has 0 aliphatic heterocycles. The standard InChI is InChI=1S/C7H5ClF3NS/c1-4-2-6(8)12-3-5(4)13-7(9,10)11/h2-3H,1H3. The van der Waals surface area contributed by atoms with E-state index in [1.54, 1.807) is 6.92 Å². The molecule has 0 aliphatic carbocycles. The van der Waals surface area contributed by atoms with Gasteiger partial charge in [-0.15, -0.1) is 0 Å². The monoisotopic (exact) mass is 227 g/mol. The van der Waals surface area contributed by atoms with Crippen molar-refractivity contribution in [3.05, 3.63) is 23.0 Å². The van der Waals surface area contributed by atoms with E-state index < -0.39 is 5.51 Å². The molecule has 6 heteroatoms. The van der Waals surface area contributed by atoms with E-state index >= 15 is 0 Å². The van der Waals surface area contributed by atoms with Crippen LogP contribution in [-0.4, -0.2) is 10.5 Å². The minimum atomic E-state index is -4.28. The summed E-state index contributed by atoms with van der Waals surface area (Å²) in [6, 6.07) is 1.40. The average molecular weight is 228 g/mol. The topological polar surface area (TPSA) is 12.9 Å². The smallest absolute Gasteiger partial charge is 0.243 e. The zero-order chi connectivity index (χ0) is 10.1. The van der Waals surface area contributed by atoms with Crippen LogP contribution in [0.5, 0.6) is 0 Å². The van der Waals surface area contributed by atoms with E-state index in [9.17, 15) is 13.2 Å². The van der Waals surface area contributed by atoms with Crippen LogP contribution in [0.2, 0.25) is 5.15 Å². The summed E-state index contributed by atoms with van der Waals surface area (Å²) < 4.78 is 35.8. The van der Waals surface area contributed by atoms with E-state index in [4.69, 9.17) is 11.6 Å². The van der Waals surface area contributed by atoms with Crippen LogP contribution in [0.15, 0.2) is 17.2 Å². The van der Waals surface area contributed by atoms with Crippen molar-refractivity contribution in [1.29, 1.82) is 0 Å². The third-order valence-corrected chi connectivity index (χ3v) is 2.34. The van der Waals surface area contributed by atoms with Crippen molar-refractivity contribution in [2.75, 3.05) is 0 Å². The van der Waals surface area contributed by atoms with Gasteiger partial charge in [-0.25, -0.2) is 4.98 Å². The molecule has 0 unspecified atom stereocenters. The number of hydrogen-bond donors (Lipinski definition) is 0. The molecular formula is C7H5ClF3NS. The molecule has 0 saturated heterocycles. The first-order valence-corrected chi connectivity index (χ1v) is 4.46. The first-order chi connectivity index (χ1) is 5.88. The number of aryl methyl sites for hydroxylation is 1. The molecule has 0 radical (unpaired) electrons. The van der Waals surface area contributed by atoms with Crippen LogP contribution in [0.1, 0.15) is 5.56 Å². The molecular weight excluding hydrogens is 223 g/mol. The zero-order valence-corrected chi connectivity index (χ0v) is 8.09. The Labute approximate surface area is 82.3 Å². The summed E-state index contributed by atoms with van der Waals surface area (Å²) in [4.78, 5) is 3.65. The molecule has 0 amide bonds. The van der Waals surface area contributed by atoms with Crippen LogP contribution in [0.25, 0.3) is 0 Å². The first-order valence-electron chi connectivity index (χ1n) is 3.26. The van der Waals surface area contributed by atoms with E-state index in [0.717, 1.165) is 6.20 Å². The normalized spacial score (nSPS) is 11.8. The lowest BCUT2D eigenvalue weighted by Gasteiger charge is -2.07. The molecule has 1 nitrogen and oxygen atoms in total. The minimum absolute atomic E-state index is 0.0805. The van der Waals surface area contributed by atoms with Gasteiger partial charge in [0.2, 0.25) is 0 Å². The van der Waals surface area contributed by atoms with E-state index in [0.29, 0.717) is 5.56 Å². The van der Waals surface area contributed by atoms with Crippen LogP contribution in [0.3, 0.4) is 0 Å². The van der Waals surface area contributed by atoms with Gasteiger partial charge in [-0.3, -0.25) is 0 Å². The second-order valence-corrected chi connectivity index (χ2v) is 3.81. The number of aromatic nitrogens is 1. The second-order valence-electron chi connectivity index (χ2n) is 2.32. The first kappa shape index (κ1) is 10.7. The molecule has 0 aliphatic rings. The van der Waals surface area contributed by atoms with Crippen molar-refractivity contribution in [3.63, 3.8) is 0 Å². The highest BCUT2D eigenvalue weighted by atomic mass is 35.5. The molecule has 0 bridgehead atoms. The van der Waals surface area contributed by atoms with Gasteiger partial charge >= 0.3 is 5.51 Å². The number of pyridine rings is 1. The molecule has 0 N–H and O–H groups in total. The van der Waals surface area contributed by atoms with E-state index in [1.165, 1.54) is 6.07 Å². The van der Waals surface area contributed by atoms with E-state index in [2.05, 4.69) is 4.98 Å². The molecule has 1 rings (SSSR count). The van der Waals surface area contributed by atoms with Gasteiger partial charge in [-0.1, -0.05) is 11.6 Å². The van der Waals surface area contributed by atoms with Crippen LogP contribution in [-0.2, 0) is 0 Å². The Hall–Kier alpha value is -0.420. The molecule has 1 heterocycles. The number of thioether (sulfide) groups is 1. The van der Waals surface area contributed by atoms with Crippen molar-refractivity contribution >= 4 is 23.4 Å². The van der Waals surface area contributed by atoms with Crippen molar-refractivity contribution in [3.8, 4) is 0 Å². The predicted octanol–water partition coefficient (Wildman–Crippen LogP) is 3.66. The van der Waals surface area contributed by atoms with Gasteiger partial charge in [0, 0.05) is 11.1 Å². The molecule has 0 fully saturated rings. The van der Waals surface area contributed by atoms with E-state index in [1.807, 2.05) is 0 Å². The maximum atomic E-state index is 11.9. The van der Waals surface area contributed by atoms with E-state index in [-0.39, 0.29) is 21.8 Å². The summed E-state index contributed by atoms with van der Waals surface area (Å²) in [6.07, 6.45) is 1.12. The summed E-state index contributed by atoms with van der Waals surface area (Å²) >= 11 is 5.30. The lowest BCUT2D eigenvalue weighted by Crippen LogP contribution is -2.00. The Bertz CT molecular complexity index is 313. The Balaban J connectivity index is 2.90. The maximum absolute atomic E-state index is 11.9. The predicted molar refractivity (Wildman–Crippen MR) is 45.9 cm³/mol. The summed E-state index contributed by atoms with van der Waals surface area (Å²) in [7, 11) is 0. The minimum Gasteiger partial charge on any atom is -0.243 e. The largest absolute Gasteiger partial charge is 0.446 e. The summed E-state index contributed by atoms with van der Waals surface area (Å²) in [6.45, 7) is 1.56. The number of alkyl halides is 3. The van der Waals surface area contributed by atoms with Crippen LogP contribution < -0.4 is 0 Å². The molecule has 72 valence electrons. The fourth-order valence-electron chi connectivity index (χ4n) is 0.741. The van der Waals surface area contributed by atoms with Gasteiger partial charge in [0.1, 0.15) is 5.15 Å². The fourth-order valence-corrected chi connectivity index (χ4v) is 1.53. The molecule has 1 aromatic heterocycles. The number of rotatable bonds is 1. The van der Waals surface area contributed by atoms with Gasteiger partial charge in [0.15, 0.2) is 0 Å². The zero-order valence-electron chi connectivity index (χ0n) is 6.52. The summed E-state index contributed by atoms with van der Waals surface area (Å²) in [5.74, 6) is 0. The highest BCUT2D eigenvalue weighted by molar-refractivity contribution is 8.00. The van der Waals surface area contributed by atoms with Crippen LogP contribution in [0.4, 0.5) is 13.2 Å². The molecule has 1 aromatic rings. The maximum Gasteiger partial charge on any atom is 0.446 e. The van der Waals surface area contributed by atoms with Crippen LogP contribution >= 0.6 is 23.4 Å². The number of halogens is 4. The number of hydrogen-bond acceptors (Lipinski definition) is 2. The fraction of sp³-hybridized carbons (Fsp3) is 0.286. The number of nitrogens with zero attached hydrogens (tertiary/aromatic N) is 1. The van der Waals surface area contributed by atoms with Gasteiger partial charge in [0.25, 0.3) is 0 Å². The Morgan fingerprint density at radius 2 is 2.08 bits per heavy atom. The Kier molecular flexibility index (Phi) is 3.08. The average Bonchev–Trinajstić information content (AvgIpc) is 1.93. The molecule has 13 heavy (non-hydrogen) atoms. The second kappa shape index (κ2) is 3.75. The van der Waals surface area contributed by atoms with Gasteiger partial charge in [-0.05, 0) is 30.3 Å². The van der Waals surface area contributed by atoms with Crippen molar-refractivity contribution in [2.24, 2.45) is 0 Å². The highest BCUT2D eigenvalue weighted by Crippen LogP contribution is 2.38. The van der Waals surface area contributed by atoms with Crippen molar-refractivity contribution in [2.45, 2.75) is 17.3 Å². The summed E-state index contributed by atoms with van der Waals surface area (Å²) in [5.41, 5.74) is -3.80.